The number of benzene rings is 1. The number of carbonyl (C=O) groups excluding carboxylic acids is 1. The summed E-state index contributed by atoms with van der Waals surface area (Å²) in [5.74, 6) is -0.297. The molecule has 0 aliphatic heterocycles. The smallest absolute Gasteiger partial charge is 0.310 e. The fourth-order valence-electron chi connectivity index (χ4n) is 4.24. The van der Waals surface area contributed by atoms with Crippen molar-refractivity contribution in [1.29, 1.82) is 0 Å². The number of hydrogen-bond acceptors (Lipinski definition) is 3. The number of carboxylic acid groups (broad SMARTS) is 1. The van der Waals surface area contributed by atoms with E-state index in [2.05, 4.69) is 5.32 Å². The Hall–Kier alpha value is -2.01. The molecule has 6 heteroatoms. The number of nitrogens with one attached hydrogen (secondary N) is 1. The summed E-state index contributed by atoms with van der Waals surface area (Å²) in [5.41, 5.74) is 0.0954. The summed E-state index contributed by atoms with van der Waals surface area (Å²) in [6.07, 6.45) is 3.59. The van der Waals surface area contributed by atoms with Crippen molar-refractivity contribution in [3.8, 4) is 5.75 Å². The molecule has 27 heavy (non-hydrogen) atoms. The zero-order chi connectivity index (χ0) is 20.0. The molecule has 2 N–H and O–H groups in total. The van der Waals surface area contributed by atoms with Gasteiger partial charge >= 0.3 is 5.97 Å². The van der Waals surface area contributed by atoms with Gasteiger partial charge in [0.1, 0.15) is 5.75 Å². The molecule has 1 aromatic carbocycles. The molecular weight excluding hydrogens is 366 g/mol. The topological polar surface area (TPSA) is 75.6 Å². The number of carboxylic acids is 1. The number of rotatable bonds is 5. The molecule has 4 rings (SSSR count). The number of aryl methyl sites for hydroxylation is 1. The number of fused-ring (bicyclic) bond motifs is 3. The minimum Gasteiger partial charge on any atom is -0.481 e. The van der Waals surface area contributed by atoms with E-state index in [1.54, 1.807) is 32.0 Å². The Morgan fingerprint density at radius 2 is 2.04 bits per heavy atom. The van der Waals surface area contributed by atoms with Crippen LogP contribution in [0, 0.1) is 18.3 Å². The number of amides is 1. The summed E-state index contributed by atoms with van der Waals surface area (Å²) in [5, 5.41) is 13.4. The fraction of sp³-hybridized carbons (Fsp3) is 0.524. The highest BCUT2D eigenvalue weighted by atomic mass is 35.5. The van der Waals surface area contributed by atoms with Crippen LogP contribution < -0.4 is 10.1 Å². The Morgan fingerprint density at radius 1 is 1.33 bits per heavy atom. The maximum absolute atomic E-state index is 12.9. The Kier molecular flexibility index (Phi) is 5.02. The number of hydrogen-bond donors (Lipinski definition) is 2. The first-order chi connectivity index (χ1) is 12.5. The van der Waals surface area contributed by atoms with Gasteiger partial charge in [0, 0.05) is 5.02 Å². The molecule has 1 aromatic rings. The van der Waals surface area contributed by atoms with E-state index in [1.165, 1.54) is 0 Å². The van der Waals surface area contributed by atoms with Crippen LogP contribution in [0.2, 0.25) is 5.02 Å². The zero-order valence-electron chi connectivity index (χ0n) is 16.1. The number of allylic oxidation sites excluding steroid dienone is 1. The molecule has 1 saturated carbocycles. The molecule has 3 aliphatic rings. The van der Waals surface area contributed by atoms with Crippen LogP contribution in [0.15, 0.2) is 29.8 Å². The molecular formula is C21H26ClNO4. The summed E-state index contributed by atoms with van der Waals surface area (Å²) in [4.78, 5) is 24.8. The number of carbonyl (C=O) groups is 2. The van der Waals surface area contributed by atoms with Crippen LogP contribution in [0.4, 0.5) is 0 Å². The first kappa shape index (κ1) is 19.7. The highest BCUT2D eigenvalue weighted by molar-refractivity contribution is 6.30. The Balaban J connectivity index is 1.75. The predicted molar refractivity (Wildman–Crippen MR) is 104 cm³/mol. The average Bonchev–Trinajstić information content (AvgIpc) is 2.57. The molecule has 0 aromatic heterocycles. The van der Waals surface area contributed by atoms with Gasteiger partial charge < -0.3 is 15.2 Å². The molecule has 3 atom stereocenters. The van der Waals surface area contributed by atoms with E-state index >= 15 is 0 Å². The van der Waals surface area contributed by atoms with Gasteiger partial charge in [-0.1, -0.05) is 24.6 Å². The van der Waals surface area contributed by atoms with Gasteiger partial charge in [0.2, 0.25) is 0 Å². The van der Waals surface area contributed by atoms with Crippen molar-refractivity contribution < 1.29 is 19.4 Å². The molecule has 0 saturated heterocycles. The van der Waals surface area contributed by atoms with E-state index < -0.39 is 17.0 Å². The lowest BCUT2D eigenvalue weighted by molar-refractivity contribution is -0.153. The SMILES string of the molecule is Cc1cc(Cl)ccc1OC(C)(C)C(=O)NC1C[C@@]2(C(=O)O)CC=C1[C@H](C)C2. The predicted octanol–water partition coefficient (Wildman–Crippen LogP) is 4.12. The van der Waals surface area contributed by atoms with E-state index in [0.29, 0.717) is 30.0 Å². The van der Waals surface area contributed by atoms with Gasteiger partial charge in [-0.3, -0.25) is 9.59 Å². The summed E-state index contributed by atoms with van der Waals surface area (Å²) in [6, 6.07) is 4.99. The molecule has 0 radical (unpaired) electrons. The number of aliphatic carboxylic acids is 1. The Bertz CT molecular complexity index is 816. The van der Waals surface area contributed by atoms with Crippen molar-refractivity contribution in [2.24, 2.45) is 11.3 Å². The second kappa shape index (κ2) is 6.86. The van der Waals surface area contributed by atoms with Gasteiger partial charge in [-0.05, 0) is 75.3 Å². The third kappa shape index (κ3) is 3.70. The summed E-state index contributed by atoms with van der Waals surface area (Å²) in [7, 11) is 0. The molecule has 0 spiro atoms. The first-order valence-electron chi connectivity index (χ1n) is 9.23. The van der Waals surface area contributed by atoms with Crippen molar-refractivity contribution in [3.05, 3.63) is 40.4 Å². The number of ether oxygens (including phenoxy) is 1. The van der Waals surface area contributed by atoms with E-state index in [9.17, 15) is 14.7 Å². The molecule has 0 heterocycles. The summed E-state index contributed by atoms with van der Waals surface area (Å²) < 4.78 is 5.96. The standard InChI is InChI=1S/C21H26ClNO4/c1-12-9-14(22)5-6-17(12)27-20(3,4)18(24)23-16-11-21(19(25)26)8-7-15(16)13(2)10-21/h5-7,9,13,16H,8,10-11H2,1-4H3,(H,23,24)(H,25,26)/t13-,16?,21-/m1/s1. The molecule has 1 unspecified atom stereocenters. The van der Waals surface area contributed by atoms with Crippen LogP contribution in [0.1, 0.15) is 45.6 Å². The van der Waals surface area contributed by atoms with Gasteiger partial charge in [0.05, 0.1) is 11.5 Å². The van der Waals surface area contributed by atoms with Crippen molar-refractivity contribution in [3.63, 3.8) is 0 Å². The lowest BCUT2D eigenvalue weighted by Gasteiger charge is -2.47. The maximum Gasteiger partial charge on any atom is 0.310 e. The summed E-state index contributed by atoms with van der Waals surface area (Å²) >= 11 is 5.98. The molecule has 3 aliphatic carbocycles. The van der Waals surface area contributed by atoms with Crippen LogP contribution in [0.3, 0.4) is 0 Å². The van der Waals surface area contributed by atoms with Gasteiger partial charge in [0.15, 0.2) is 5.60 Å². The maximum atomic E-state index is 12.9. The normalized spacial score (nSPS) is 27.1. The zero-order valence-corrected chi connectivity index (χ0v) is 16.9. The Morgan fingerprint density at radius 3 is 2.63 bits per heavy atom. The van der Waals surface area contributed by atoms with Gasteiger partial charge in [-0.15, -0.1) is 0 Å². The second-order valence-electron chi connectivity index (χ2n) is 8.35. The second-order valence-corrected chi connectivity index (χ2v) is 8.79. The third-order valence-corrected chi connectivity index (χ3v) is 6.03. The number of halogens is 1. The Labute approximate surface area is 164 Å². The fourth-order valence-corrected chi connectivity index (χ4v) is 4.47. The van der Waals surface area contributed by atoms with Crippen LogP contribution in [-0.4, -0.2) is 28.6 Å². The lowest BCUT2D eigenvalue weighted by atomic mass is 9.59. The van der Waals surface area contributed by atoms with Crippen molar-refractivity contribution in [2.75, 3.05) is 0 Å². The van der Waals surface area contributed by atoms with Crippen LogP contribution >= 0.6 is 11.6 Å². The largest absolute Gasteiger partial charge is 0.481 e. The average molecular weight is 392 g/mol. The molecule has 1 amide bonds. The van der Waals surface area contributed by atoms with E-state index in [4.69, 9.17) is 16.3 Å². The lowest BCUT2D eigenvalue weighted by Crippen LogP contribution is -2.56. The van der Waals surface area contributed by atoms with Gasteiger partial charge in [0.25, 0.3) is 5.91 Å². The van der Waals surface area contributed by atoms with E-state index in [-0.39, 0.29) is 17.9 Å². The third-order valence-electron chi connectivity index (χ3n) is 5.80. The highest BCUT2D eigenvalue weighted by Crippen LogP contribution is 2.50. The van der Waals surface area contributed by atoms with Gasteiger partial charge in [-0.2, -0.15) is 0 Å². The monoisotopic (exact) mass is 391 g/mol. The molecule has 5 nitrogen and oxygen atoms in total. The van der Waals surface area contributed by atoms with E-state index in [0.717, 1.165) is 11.1 Å². The van der Waals surface area contributed by atoms with E-state index in [1.807, 2.05) is 19.9 Å². The van der Waals surface area contributed by atoms with Crippen molar-refractivity contribution >= 4 is 23.5 Å². The molecule has 146 valence electrons. The van der Waals surface area contributed by atoms with Crippen LogP contribution in [-0.2, 0) is 9.59 Å². The minimum absolute atomic E-state index is 0.149. The quantitative estimate of drug-likeness (QED) is 0.740. The molecule has 2 bridgehead atoms. The van der Waals surface area contributed by atoms with Crippen LogP contribution in [0.25, 0.3) is 0 Å². The first-order valence-corrected chi connectivity index (χ1v) is 9.61. The summed E-state index contributed by atoms with van der Waals surface area (Å²) in [6.45, 7) is 7.32. The highest BCUT2D eigenvalue weighted by Gasteiger charge is 2.50. The molecule has 1 fully saturated rings. The van der Waals surface area contributed by atoms with Crippen LogP contribution in [0.5, 0.6) is 5.75 Å². The van der Waals surface area contributed by atoms with Crippen molar-refractivity contribution in [2.45, 2.75) is 58.6 Å². The van der Waals surface area contributed by atoms with Gasteiger partial charge in [-0.25, -0.2) is 0 Å². The minimum atomic E-state index is -1.10. The van der Waals surface area contributed by atoms with Crippen molar-refractivity contribution in [1.82, 2.24) is 5.32 Å².